The predicted octanol–water partition coefficient (Wildman–Crippen LogP) is 1.59. The first-order chi connectivity index (χ1) is 7.01. The van der Waals surface area contributed by atoms with Gasteiger partial charge in [-0.25, -0.2) is 8.42 Å². The van der Waals surface area contributed by atoms with E-state index in [0.29, 0.717) is 11.8 Å². The summed E-state index contributed by atoms with van der Waals surface area (Å²) in [5.74, 6) is 1.24. The fraction of sp³-hybridized carbons (Fsp3) is 1.00. The van der Waals surface area contributed by atoms with Crippen LogP contribution in [0.4, 0.5) is 0 Å². The SMILES string of the molecule is CCNC(CCCS(C)(=O)=O)CC1CC1. The van der Waals surface area contributed by atoms with E-state index in [1.165, 1.54) is 25.5 Å². The van der Waals surface area contributed by atoms with Gasteiger partial charge in [0.05, 0.1) is 0 Å². The molecule has 3 nitrogen and oxygen atoms in total. The van der Waals surface area contributed by atoms with Crippen molar-refractivity contribution in [2.24, 2.45) is 5.92 Å². The number of rotatable bonds is 8. The van der Waals surface area contributed by atoms with Gasteiger partial charge in [-0.05, 0) is 31.7 Å². The zero-order valence-corrected chi connectivity index (χ0v) is 10.6. The van der Waals surface area contributed by atoms with Crippen LogP contribution >= 0.6 is 0 Å². The van der Waals surface area contributed by atoms with Crippen molar-refractivity contribution in [3.63, 3.8) is 0 Å². The maximum absolute atomic E-state index is 11.0. The van der Waals surface area contributed by atoms with Gasteiger partial charge in [0, 0.05) is 18.1 Å². The van der Waals surface area contributed by atoms with E-state index >= 15 is 0 Å². The van der Waals surface area contributed by atoms with Crippen LogP contribution in [0.5, 0.6) is 0 Å². The minimum absolute atomic E-state index is 0.333. The molecule has 1 unspecified atom stereocenters. The first kappa shape index (κ1) is 13.0. The molecule has 1 fully saturated rings. The topological polar surface area (TPSA) is 46.2 Å². The predicted molar refractivity (Wildman–Crippen MR) is 63.8 cm³/mol. The van der Waals surface area contributed by atoms with Gasteiger partial charge in [0.25, 0.3) is 0 Å². The second kappa shape index (κ2) is 5.85. The van der Waals surface area contributed by atoms with Crippen molar-refractivity contribution in [3.05, 3.63) is 0 Å². The van der Waals surface area contributed by atoms with Crippen molar-refractivity contribution in [1.82, 2.24) is 5.32 Å². The highest BCUT2D eigenvalue weighted by Gasteiger charge is 2.24. The van der Waals surface area contributed by atoms with Crippen LogP contribution in [0, 0.1) is 5.92 Å². The van der Waals surface area contributed by atoms with Crippen molar-refractivity contribution < 1.29 is 8.42 Å². The van der Waals surface area contributed by atoms with Gasteiger partial charge in [0.2, 0.25) is 0 Å². The molecule has 15 heavy (non-hydrogen) atoms. The lowest BCUT2D eigenvalue weighted by Crippen LogP contribution is -2.29. The Morgan fingerprint density at radius 2 is 2.07 bits per heavy atom. The van der Waals surface area contributed by atoms with Crippen molar-refractivity contribution in [2.45, 2.75) is 45.1 Å². The second-order valence-corrected chi connectivity index (χ2v) is 6.97. The Kier molecular flexibility index (Phi) is 5.06. The highest BCUT2D eigenvalue weighted by molar-refractivity contribution is 7.90. The minimum atomic E-state index is -2.78. The highest BCUT2D eigenvalue weighted by Crippen LogP contribution is 2.34. The average Bonchev–Trinajstić information content (AvgIpc) is 2.86. The molecule has 1 saturated carbocycles. The molecule has 4 heteroatoms. The molecule has 1 N–H and O–H groups in total. The molecule has 0 aromatic heterocycles. The van der Waals surface area contributed by atoms with Crippen LogP contribution in [0.1, 0.15) is 39.0 Å². The summed E-state index contributed by atoms with van der Waals surface area (Å²) >= 11 is 0. The van der Waals surface area contributed by atoms with Crippen LogP contribution in [0.15, 0.2) is 0 Å². The standard InChI is InChI=1S/C11H23NO2S/c1-3-12-11(9-10-6-7-10)5-4-8-15(2,13)14/h10-12H,3-9H2,1-2H3. The lowest BCUT2D eigenvalue weighted by atomic mass is 10.1. The number of hydrogen-bond acceptors (Lipinski definition) is 3. The molecule has 1 aliphatic carbocycles. The van der Waals surface area contributed by atoms with Gasteiger partial charge in [0.1, 0.15) is 9.84 Å². The summed E-state index contributed by atoms with van der Waals surface area (Å²) in [4.78, 5) is 0. The van der Waals surface area contributed by atoms with Crippen LogP contribution < -0.4 is 5.32 Å². The lowest BCUT2D eigenvalue weighted by Gasteiger charge is -2.17. The summed E-state index contributed by atoms with van der Waals surface area (Å²) in [5, 5.41) is 3.45. The van der Waals surface area contributed by atoms with E-state index < -0.39 is 9.84 Å². The largest absolute Gasteiger partial charge is 0.314 e. The molecular formula is C11H23NO2S. The van der Waals surface area contributed by atoms with Crippen molar-refractivity contribution in [1.29, 1.82) is 0 Å². The van der Waals surface area contributed by atoms with E-state index in [1.54, 1.807) is 0 Å². The van der Waals surface area contributed by atoms with E-state index in [2.05, 4.69) is 12.2 Å². The quantitative estimate of drug-likeness (QED) is 0.692. The minimum Gasteiger partial charge on any atom is -0.314 e. The number of hydrogen-bond donors (Lipinski definition) is 1. The van der Waals surface area contributed by atoms with Crippen LogP contribution in [0.25, 0.3) is 0 Å². The third-order valence-corrected chi connectivity index (χ3v) is 3.91. The molecule has 0 heterocycles. The molecule has 90 valence electrons. The Bertz CT molecular complexity index is 270. The Morgan fingerprint density at radius 1 is 1.40 bits per heavy atom. The van der Waals surface area contributed by atoms with Crippen molar-refractivity contribution in [2.75, 3.05) is 18.6 Å². The molecule has 0 saturated heterocycles. The van der Waals surface area contributed by atoms with Gasteiger partial charge in [-0.1, -0.05) is 19.8 Å². The zero-order chi connectivity index (χ0) is 11.3. The molecule has 0 amide bonds. The first-order valence-corrected chi connectivity index (χ1v) is 7.98. The van der Waals surface area contributed by atoms with Gasteiger partial charge < -0.3 is 5.32 Å². The van der Waals surface area contributed by atoms with Gasteiger partial charge in [-0.2, -0.15) is 0 Å². The monoisotopic (exact) mass is 233 g/mol. The van der Waals surface area contributed by atoms with Gasteiger partial charge in [-0.3, -0.25) is 0 Å². The van der Waals surface area contributed by atoms with E-state index in [-0.39, 0.29) is 0 Å². The highest BCUT2D eigenvalue weighted by atomic mass is 32.2. The summed E-state index contributed by atoms with van der Waals surface area (Å²) in [6, 6.07) is 0.532. The molecule has 0 bridgehead atoms. The molecule has 1 atom stereocenters. The van der Waals surface area contributed by atoms with Gasteiger partial charge in [-0.15, -0.1) is 0 Å². The summed E-state index contributed by atoms with van der Waals surface area (Å²) in [7, 11) is -2.78. The molecule has 0 aromatic carbocycles. The van der Waals surface area contributed by atoms with E-state index in [4.69, 9.17) is 0 Å². The van der Waals surface area contributed by atoms with Crippen LogP contribution in [-0.2, 0) is 9.84 Å². The number of nitrogens with one attached hydrogen (secondary N) is 1. The Morgan fingerprint density at radius 3 is 2.53 bits per heavy atom. The third-order valence-electron chi connectivity index (χ3n) is 2.88. The molecule has 0 spiro atoms. The van der Waals surface area contributed by atoms with E-state index in [0.717, 1.165) is 25.3 Å². The summed E-state index contributed by atoms with van der Waals surface area (Å²) in [5.41, 5.74) is 0. The average molecular weight is 233 g/mol. The lowest BCUT2D eigenvalue weighted by molar-refractivity contribution is 0.438. The molecular weight excluding hydrogens is 210 g/mol. The number of sulfone groups is 1. The summed E-state index contributed by atoms with van der Waals surface area (Å²) in [6.45, 7) is 3.09. The fourth-order valence-corrected chi connectivity index (χ4v) is 2.63. The van der Waals surface area contributed by atoms with Crippen LogP contribution in [0.3, 0.4) is 0 Å². The first-order valence-electron chi connectivity index (χ1n) is 5.92. The molecule has 0 aromatic rings. The third kappa shape index (κ3) is 6.90. The van der Waals surface area contributed by atoms with Crippen LogP contribution in [-0.4, -0.2) is 33.0 Å². The van der Waals surface area contributed by atoms with Gasteiger partial charge in [0.15, 0.2) is 0 Å². The molecule has 0 radical (unpaired) electrons. The molecule has 1 aliphatic rings. The van der Waals surface area contributed by atoms with E-state index in [9.17, 15) is 8.42 Å². The molecule has 0 aliphatic heterocycles. The summed E-state index contributed by atoms with van der Waals surface area (Å²) in [6.07, 6.45) is 7.08. The summed E-state index contributed by atoms with van der Waals surface area (Å²) < 4.78 is 22.0. The Labute approximate surface area is 93.6 Å². The molecule has 1 rings (SSSR count). The maximum Gasteiger partial charge on any atom is 0.147 e. The zero-order valence-electron chi connectivity index (χ0n) is 9.83. The van der Waals surface area contributed by atoms with Crippen LogP contribution in [0.2, 0.25) is 0 Å². The van der Waals surface area contributed by atoms with Crippen molar-refractivity contribution >= 4 is 9.84 Å². The Balaban J connectivity index is 2.18. The van der Waals surface area contributed by atoms with E-state index in [1.807, 2.05) is 0 Å². The Hall–Kier alpha value is -0.0900. The normalized spacial score (nSPS) is 19.1. The maximum atomic E-state index is 11.0. The second-order valence-electron chi connectivity index (χ2n) is 4.71. The fourth-order valence-electron chi connectivity index (χ4n) is 1.94. The van der Waals surface area contributed by atoms with Crippen molar-refractivity contribution in [3.8, 4) is 0 Å². The van der Waals surface area contributed by atoms with Gasteiger partial charge >= 0.3 is 0 Å². The smallest absolute Gasteiger partial charge is 0.147 e.